The number of nitro groups is 1. The second-order valence-electron chi connectivity index (χ2n) is 5.26. The molecule has 0 aromatic heterocycles. The molecule has 2 unspecified atom stereocenters. The standard InChI is InChI=1S/C14H17ClN2O4/c15-11-4-5-13(17(20)21)12(6-11)14(19)16-7-9-2-1-3-10(9)8-18/h4-6,9-10,18H,1-3,7-8H2,(H,16,19). The van der Waals surface area contributed by atoms with Crippen LogP contribution in [0.5, 0.6) is 0 Å². The van der Waals surface area contributed by atoms with Crippen molar-refractivity contribution in [2.24, 2.45) is 11.8 Å². The lowest BCUT2D eigenvalue weighted by atomic mass is 9.97. The van der Waals surface area contributed by atoms with Crippen molar-refractivity contribution in [2.45, 2.75) is 19.3 Å². The number of halogens is 1. The van der Waals surface area contributed by atoms with E-state index in [2.05, 4.69) is 5.32 Å². The number of amides is 1. The van der Waals surface area contributed by atoms with Crippen LogP contribution < -0.4 is 5.32 Å². The van der Waals surface area contributed by atoms with Gasteiger partial charge in [-0.3, -0.25) is 14.9 Å². The highest BCUT2D eigenvalue weighted by molar-refractivity contribution is 6.31. The number of rotatable bonds is 5. The van der Waals surface area contributed by atoms with Crippen molar-refractivity contribution in [3.8, 4) is 0 Å². The maximum absolute atomic E-state index is 12.1. The Labute approximate surface area is 127 Å². The van der Waals surface area contributed by atoms with Crippen molar-refractivity contribution in [1.29, 1.82) is 0 Å². The zero-order valence-electron chi connectivity index (χ0n) is 11.4. The molecule has 1 aliphatic rings. The van der Waals surface area contributed by atoms with Crippen LogP contribution in [0.15, 0.2) is 18.2 Å². The van der Waals surface area contributed by atoms with Gasteiger partial charge in [0.1, 0.15) is 5.56 Å². The van der Waals surface area contributed by atoms with Crippen molar-refractivity contribution in [1.82, 2.24) is 5.32 Å². The first-order valence-corrected chi connectivity index (χ1v) is 7.23. The second kappa shape index (κ2) is 6.87. The fourth-order valence-electron chi connectivity index (χ4n) is 2.79. The number of aliphatic hydroxyl groups excluding tert-OH is 1. The lowest BCUT2D eigenvalue weighted by Gasteiger charge is -2.17. The molecule has 0 radical (unpaired) electrons. The van der Waals surface area contributed by atoms with Crippen molar-refractivity contribution in [3.05, 3.63) is 38.9 Å². The maximum Gasteiger partial charge on any atom is 0.282 e. The molecule has 114 valence electrons. The third-order valence-corrected chi connectivity index (χ3v) is 4.21. The molecule has 7 heteroatoms. The van der Waals surface area contributed by atoms with Gasteiger partial charge in [0.2, 0.25) is 0 Å². The molecule has 1 aromatic carbocycles. The first-order valence-electron chi connectivity index (χ1n) is 6.86. The first kappa shape index (κ1) is 15.7. The second-order valence-corrected chi connectivity index (χ2v) is 5.70. The topological polar surface area (TPSA) is 92.5 Å². The average molecular weight is 313 g/mol. The first-order chi connectivity index (χ1) is 10.0. The molecule has 1 amide bonds. The molecular formula is C14H17ClN2O4. The number of carbonyl (C=O) groups excluding carboxylic acids is 1. The SMILES string of the molecule is O=C(NCC1CCCC1CO)c1cc(Cl)ccc1[N+](=O)[O-]. The summed E-state index contributed by atoms with van der Waals surface area (Å²) in [4.78, 5) is 22.5. The maximum atomic E-state index is 12.1. The number of aliphatic hydroxyl groups is 1. The predicted octanol–water partition coefficient (Wildman–Crippen LogP) is 2.39. The van der Waals surface area contributed by atoms with Gasteiger partial charge in [0.15, 0.2) is 0 Å². The zero-order chi connectivity index (χ0) is 15.4. The molecule has 1 aliphatic carbocycles. The third kappa shape index (κ3) is 3.71. The summed E-state index contributed by atoms with van der Waals surface area (Å²) in [5.41, 5.74) is -0.298. The average Bonchev–Trinajstić information content (AvgIpc) is 2.91. The molecule has 1 saturated carbocycles. The van der Waals surface area contributed by atoms with E-state index in [1.165, 1.54) is 18.2 Å². The van der Waals surface area contributed by atoms with E-state index in [1.54, 1.807) is 0 Å². The van der Waals surface area contributed by atoms with Crippen LogP contribution in [-0.4, -0.2) is 29.1 Å². The quantitative estimate of drug-likeness (QED) is 0.645. The fourth-order valence-corrected chi connectivity index (χ4v) is 2.96. The van der Waals surface area contributed by atoms with E-state index in [-0.39, 0.29) is 34.7 Å². The largest absolute Gasteiger partial charge is 0.396 e. The van der Waals surface area contributed by atoms with E-state index in [4.69, 9.17) is 11.6 Å². The van der Waals surface area contributed by atoms with Gasteiger partial charge < -0.3 is 10.4 Å². The van der Waals surface area contributed by atoms with Gasteiger partial charge in [-0.1, -0.05) is 18.0 Å². The van der Waals surface area contributed by atoms with Crippen LogP contribution in [0.1, 0.15) is 29.6 Å². The molecule has 1 aromatic rings. The number of hydrogen-bond acceptors (Lipinski definition) is 4. The van der Waals surface area contributed by atoms with Crippen LogP contribution >= 0.6 is 11.6 Å². The fraction of sp³-hybridized carbons (Fsp3) is 0.500. The monoisotopic (exact) mass is 312 g/mol. The zero-order valence-corrected chi connectivity index (χ0v) is 12.2. The van der Waals surface area contributed by atoms with Crippen LogP contribution in [0.2, 0.25) is 5.02 Å². The van der Waals surface area contributed by atoms with E-state index < -0.39 is 10.8 Å². The molecule has 21 heavy (non-hydrogen) atoms. The third-order valence-electron chi connectivity index (χ3n) is 3.98. The minimum absolute atomic E-state index is 0.0361. The summed E-state index contributed by atoms with van der Waals surface area (Å²) in [5, 5.41) is 23.2. The number of benzene rings is 1. The Balaban J connectivity index is 2.06. The molecule has 6 nitrogen and oxygen atoms in total. The van der Waals surface area contributed by atoms with Crippen molar-refractivity contribution in [2.75, 3.05) is 13.2 Å². The summed E-state index contributed by atoms with van der Waals surface area (Å²) < 4.78 is 0. The molecule has 2 rings (SSSR count). The Kier molecular flexibility index (Phi) is 5.14. The van der Waals surface area contributed by atoms with E-state index in [0.717, 1.165) is 19.3 Å². The number of nitrogens with one attached hydrogen (secondary N) is 1. The molecule has 0 bridgehead atoms. The Morgan fingerprint density at radius 1 is 1.43 bits per heavy atom. The highest BCUT2D eigenvalue weighted by Crippen LogP contribution is 2.31. The molecule has 0 saturated heterocycles. The van der Waals surface area contributed by atoms with Crippen LogP contribution in [-0.2, 0) is 0 Å². The number of nitrogens with zero attached hydrogens (tertiary/aromatic N) is 1. The molecule has 0 spiro atoms. The minimum atomic E-state index is -0.600. The van der Waals surface area contributed by atoms with Gasteiger partial charge in [-0.15, -0.1) is 0 Å². The van der Waals surface area contributed by atoms with Crippen molar-refractivity contribution in [3.63, 3.8) is 0 Å². The number of hydrogen-bond donors (Lipinski definition) is 2. The Morgan fingerprint density at radius 3 is 2.81 bits per heavy atom. The van der Waals surface area contributed by atoms with Crippen LogP contribution in [0.3, 0.4) is 0 Å². The Hall–Kier alpha value is -1.66. The molecule has 0 heterocycles. The summed E-state index contributed by atoms with van der Waals surface area (Å²) in [6, 6.07) is 3.91. The molecule has 1 fully saturated rings. The van der Waals surface area contributed by atoms with Gasteiger partial charge in [-0.25, -0.2) is 0 Å². The predicted molar refractivity (Wildman–Crippen MR) is 78.4 cm³/mol. The Bertz CT molecular complexity index is 550. The molecule has 0 aliphatic heterocycles. The normalized spacial score (nSPS) is 21.2. The smallest absolute Gasteiger partial charge is 0.282 e. The summed E-state index contributed by atoms with van der Waals surface area (Å²) in [6.07, 6.45) is 2.93. The highest BCUT2D eigenvalue weighted by atomic mass is 35.5. The highest BCUT2D eigenvalue weighted by Gasteiger charge is 2.28. The Morgan fingerprint density at radius 2 is 2.14 bits per heavy atom. The number of nitro benzene ring substituents is 1. The molecule has 2 atom stereocenters. The van der Waals surface area contributed by atoms with E-state index in [1.807, 2.05) is 0 Å². The van der Waals surface area contributed by atoms with E-state index >= 15 is 0 Å². The van der Waals surface area contributed by atoms with Crippen molar-refractivity contribution < 1.29 is 14.8 Å². The minimum Gasteiger partial charge on any atom is -0.396 e. The van der Waals surface area contributed by atoms with Gasteiger partial charge in [0.05, 0.1) is 4.92 Å². The van der Waals surface area contributed by atoms with Crippen LogP contribution in [0.25, 0.3) is 0 Å². The summed E-state index contributed by atoms with van der Waals surface area (Å²) in [6.45, 7) is 0.519. The summed E-state index contributed by atoms with van der Waals surface area (Å²) in [7, 11) is 0. The van der Waals surface area contributed by atoms with Gasteiger partial charge in [-0.2, -0.15) is 0 Å². The van der Waals surface area contributed by atoms with E-state index in [0.29, 0.717) is 6.54 Å². The lowest BCUT2D eigenvalue weighted by Crippen LogP contribution is -2.32. The van der Waals surface area contributed by atoms with Gasteiger partial charge >= 0.3 is 0 Å². The lowest BCUT2D eigenvalue weighted by molar-refractivity contribution is -0.385. The van der Waals surface area contributed by atoms with E-state index in [9.17, 15) is 20.0 Å². The van der Waals surface area contributed by atoms with Crippen LogP contribution in [0, 0.1) is 22.0 Å². The van der Waals surface area contributed by atoms with Crippen LogP contribution in [0.4, 0.5) is 5.69 Å². The number of carbonyl (C=O) groups is 1. The van der Waals surface area contributed by atoms with Gasteiger partial charge in [0, 0.05) is 24.2 Å². The summed E-state index contributed by atoms with van der Waals surface area (Å²) in [5.74, 6) is -0.0929. The molecule has 2 N–H and O–H groups in total. The molecular weight excluding hydrogens is 296 g/mol. The van der Waals surface area contributed by atoms with Crippen molar-refractivity contribution >= 4 is 23.2 Å². The van der Waals surface area contributed by atoms with Gasteiger partial charge in [-0.05, 0) is 36.8 Å². The van der Waals surface area contributed by atoms with Gasteiger partial charge in [0.25, 0.3) is 11.6 Å². The summed E-state index contributed by atoms with van der Waals surface area (Å²) >= 11 is 5.80.